The van der Waals surface area contributed by atoms with E-state index in [0.29, 0.717) is 13.2 Å². The molecule has 2 aliphatic heterocycles. The molecule has 0 aromatic heterocycles. The molecule has 0 aliphatic carbocycles. The van der Waals surface area contributed by atoms with Crippen LogP contribution in [0.3, 0.4) is 0 Å². The van der Waals surface area contributed by atoms with Crippen LogP contribution in [0.25, 0.3) is 0 Å². The second-order valence-electron chi connectivity index (χ2n) is 4.93. The number of benzene rings is 1. The molecule has 8 heteroatoms. The molecule has 0 radical (unpaired) electrons. The molecular formula is C13H15BClNO5. The summed E-state index contributed by atoms with van der Waals surface area (Å²) in [5.41, 5.74) is 1.89. The van der Waals surface area contributed by atoms with E-state index in [1.807, 2.05) is 18.2 Å². The Morgan fingerprint density at radius 1 is 1.52 bits per heavy atom. The highest BCUT2D eigenvalue weighted by Crippen LogP contribution is 2.30. The summed E-state index contributed by atoms with van der Waals surface area (Å²) < 4.78 is 22.5. The molecule has 1 aromatic rings. The summed E-state index contributed by atoms with van der Waals surface area (Å²) in [6.07, 6.45) is -0.569. The second kappa shape index (κ2) is 6.23. The van der Waals surface area contributed by atoms with Crippen molar-refractivity contribution in [2.24, 2.45) is 0 Å². The Bertz CT molecular complexity index is 543. The van der Waals surface area contributed by atoms with Crippen LogP contribution in [0.2, 0.25) is 0 Å². The van der Waals surface area contributed by atoms with Crippen molar-refractivity contribution in [3.8, 4) is 5.75 Å². The Labute approximate surface area is 127 Å². The maximum atomic E-state index is 10.9. The van der Waals surface area contributed by atoms with Gasteiger partial charge in [-0.05, 0) is 23.4 Å². The molecule has 3 rings (SSSR count). The van der Waals surface area contributed by atoms with Crippen LogP contribution >= 0.6 is 11.8 Å². The monoisotopic (exact) mass is 311 g/mol. The molecule has 2 aliphatic rings. The van der Waals surface area contributed by atoms with Gasteiger partial charge >= 0.3 is 13.1 Å². The first-order valence-electron chi connectivity index (χ1n) is 6.72. The number of carbonyl (C=O) groups excluding carboxylic acids is 1. The van der Waals surface area contributed by atoms with Crippen molar-refractivity contribution in [1.29, 1.82) is 0 Å². The molecule has 1 unspecified atom stereocenters. The van der Waals surface area contributed by atoms with Crippen molar-refractivity contribution in [3.63, 3.8) is 0 Å². The minimum absolute atomic E-state index is 0.136. The van der Waals surface area contributed by atoms with Gasteiger partial charge in [0.25, 0.3) is 0 Å². The van der Waals surface area contributed by atoms with Gasteiger partial charge in [-0.15, -0.1) is 0 Å². The molecule has 0 bridgehead atoms. The second-order valence-corrected chi connectivity index (χ2v) is 5.19. The lowest BCUT2D eigenvalue weighted by atomic mass is 9.77. The van der Waals surface area contributed by atoms with Crippen LogP contribution in [-0.2, 0) is 18.8 Å². The lowest BCUT2D eigenvalue weighted by Crippen LogP contribution is -2.37. The van der Waals surface area contributed by atoms with E-state index in [2.05, 4.69) is 4.84 Å². The topological polar surface area (TPSA) is 66.0 Å². The Morgan fingerprint density at radius 2 is 2.38 bits per heavy atom. The van der Waals surface area contributed by atoms with Gasteiger partial charge in [0.1, 0.15) is 25.1 Å². The van der Waals surface area contributed by atoms with Gasteiger partial charge in [-0.1, -0.05) is 12.1 Å². The zero-order valence-corrected chi connectivity index (χ0v) is 12.3. The van der Waals surface area contributed by atoms with E-state index >= 15 is 0 Å². The van der Waals surface area contributed by atoms with Crippen molar-refractivity contribution >= 4 is 30.3 Å². The molecule has 21 heavy (non-hydrogen) atoms. The standard InChI is InChI=1S/C13H15BClNO5/c1-8(17)18-6-9-7-19-11-4-2-3-10-12(5-16-15)21-14(20-9)13(10)11/h2-4,9,12,16H,5-7H2,1H3/t9-,12?/m1/s1. The molecule has 2 heterocycles. The summed E-state index contributed by atoms with van der Waals surface area (Å²) in [5.74, 6) is 0.387. The molecule has 0 spiro atoms. The van der Waals surface area contributed by atoms with Crippen molar-refractivity contribution in [2.75, 3.05) is 19.8 Å². The highest BCUT2D eigenvalue weighted by Gasteiger charge is 2.43. The highest BCUT2D eigenvalue weighted by molar-refractivity contribution is 6.64. The third kappa shape index (κ3) is 3.01. The van der Waals surface area contributed by atoms with Gasteiger partial charge in [-0.2, -0.15) is 0 Å². The van der Waals surface area contributed by atoms with Crippen molar-refractivity contribution in [1.82, 2.24) is 4.84 Å². The zero-order chi connectivity index (χ0) is 14.8. The Morgan fingerprint density at radius 3 is 3.14 bits per heavy atom. The third-order valence-electron chi connectivity index (χ3n) is 3.45. The minimum Gasteiger partial charge on any atom is -0.491 e. The van der Waals surface area contributed by atoms with Crippen LogP contribution in [0.1, 0.15) is 18.6 Å². The van der Waals surface area contributed by atoms with E-state index in [1.165, 1.54) is 6.92 Å². The highest BCUT2D eigenvalue weighted by atomic mass is 35.5. The minimum atomic E-state index is -0.533. The van der Waals surface area contributed by atoms with Gasteiger partial charge in [0, 0.05) is 18.9 Å². The Balaban J connectivity index is 1.81. The van der Waals surface area contributed by atoms with Crippen molar-refractivity contribution < 1.29 is 23.6 Å². The van der Waals surface area contributed by atoms with Crippen LogP contribution in [0.15, 0.2) is 18.2 Å². The molecule has 0 saturated carbocycles. The van der Waals surface area contributed by atoms with Crippen LogP contribution in [0.4, 0.5) is 0 Å². The number of hydrogen-bond donors (Lipinski definition) is 1. The lowest BCUT2D eigenvalue weighted by molar-refractivity contribution is -0.144. The zero-order valence-electron chi connectivity index (χ0n) is 11.5. The van der Waals surface area contributed by atoms with Gasteiger partial charge in [0.2, 0.25) is 0 Å². The maximum absolute atomic E-state index is 10.9. The van der Waals surface area contributed by atoms with E-state index in [4.69, 9.17) is 30.6 Å². The quantitative estimate of drug-likeness (QED) is 0.497. The van der Waals surface area contributed by atoms with E-state index in [-0.39, 0.29) is 24.8 Å². The average molecular weight is 312 g/mol. The first-order chi connectivity index (χ1) is 10.2. The van der Waals surface area contributed by atoms with Gasteiger partial charge in [0.15, 0.2) is 0 Å². The SMILES string of the molecule is CC(=O)OC[C@@H]1COc2cccc3c2B(OC3CNCl)O1. The molecule has 0 fully saturated rings. The van der Waals surface area contributed by atoms with Gasteiger partial charge < -0.3 is 18.8 Å². The smallest absolute Gasteiger partial charge is 0.491 e. The van der Waals surface area contributed by atoms with E-state index < -0.39 is 7.12 Å². The maximum Gasteiger partial charge on any atom is 0.499 e. The van der Waals surface area contributed by atoms with Gasteiger partial charge in [-0.25, -0.2) is 4.84 Å². The number of esters is 1. The summed E-state index contributed by atoms with van der Waals surface area (Å²) in [6.45, 7) is 2.27. The predicted octanol–water partition coefficient (Wildman–Crippen LogP) is 0.537. The number of rotatable bonds is 4. The van der Waals surface area contributed by atoms with Crippen LogP contribution in [-0.4, -0.2) is 39.0 Å². The van der Waals surface area contributed by atoms with Gasteiger partial charge in [0.05, 0.1) is 6.10 Å². The number of halogens is 1. The Kier molecular flexibility index (Phi) is 4.35. The summed E-state index contributed by atoms with van der Waals surface area (Å²) in [6, 6.07) is 5.76. The van der Waals surface area contributed by atoms with Crippen LogP contribution < -0.4 is 15.0 Å². The fourth-order valence-corrected chi connectivity index (χ4v) is 2.67. The van der Waals surface area contributed by atoms with E-state index in [1.54, 1.807) is 0 Å². The number of hydrogen-bond acceptors (Lipinski definition) is 6. The molecular weight excluding hydrogens is 296 g/mol. The lowest BCUT2D eigenvalue weighted by Gasteiger charge is -2.18. The normalized spacial score (nSPS) is 23.2. The molecule has 6 nitrogen and oxygen atoms in total. The van der Waals surface area contributed by atoms with Crippen LogP contribution in [0, 0.1) is 0 Å². The number of carbonyl (C=O) groups is 1. The van der Waals surface area contributed by atoms with Crippen molar-refractivity contribution in [3.05, 3.63) is 23.8 Å². The molecule has 0 amide bonds. The number of nitrogens with one attached hydrogen (secondary N) is 1. The first-order valence-corrected chi connectivity index (χ1v) is 7.10. The first kappa shape index (κ1) is 14.7. The van der Waals surface area contributed by atoms with E-state index in [9.17, 15) is 4.79 Å². The van der Waals surface area contributed by atoms with E-state index in [0.717, 1.165) is 16.8 Å². The molecule has 1 N–H and O–H groups in total. The Hall–Kier alpha value is -1.28. The third-order valence-corrected chi connectivity index (χ3v) is 3.60. The number of ether oxygens (including phenoxy) is 2. The predicted molar refractivity (Wildman–Crippen MR) is 76.5 cm³/mol. The summed E-state index contributed by atoms with van der Waals surface area (Å²) in [7, 11) is -0.533. The van der Waals surface area contributed by atoms with Gasteiger partial charge in [-0.3, -0.25) is 4.79 Å². The summed E-state index contributed by atoms with van der Waals surface area (Å²) in [5, 5.41) is 0. The summed E-state index contributed by atoms with van der Waals surface area (Å²) >= 11 is 5.58. The average Bonchev–Trinajstić information content (AvgIpc) is 2.70. The summed E-state index contributed by atoms with van der Waals surface area (Å²) in [4.78, 5) is 13.5. The molecule has 112 valence electrons. The fraction of sp³-hybridized carbons (Fsp3) is 0.462. The molecule has 1 aromatic carbocycles. The van der Waals surface area contributed by atoms with Crippen LogP contribution in [0.5, 0.6) is 5.75 Å². The molecule has 2 atom stereocenters. The molecule has 0 saturated heterocycles. The largest absolute Gasteiger partial charge is 0.499 e. The van der Waals surface area contributed by atoms with Crippen molar-refractivity contribution in [2.45, 2.75) is 19.1 Å². The fourth-order valence-electron chi connectivity index (χ4n) is 2.53.